The number of carbonyl (C=O) groups is 1. The summed E-state index contributed by atoms with van der Waals surface area (Å²) in [6.45, 7) is 2.16. The maximum Gasteiger partial charge on any atom is 0.240 e. The molecule has 1 unspecified atom stereocenters. The quantitative estimate of drug-likeness (QED) is 0.684. The van der Waals surface area contributed by atoms with Crippen LogP contribution in [0.1, 0.15) is 32.6 Å². The van der Waals surface area contributed by atoms with Crippen LogP contribution in [0.5, 0.6) is 0 Å². The van der Waals surface area contributed by atoms with Crippen molar-refractivity contribution in [3.8, 4) is 0 Å². The summed E-state index contributed by atoms with van der Waals surface area (Å²) in [4.78, 5) is 11.8. The number of likely N-dealkylation sites (N-methyl/N-ethyl adjacent to an activating group) is 2. The van der Waals surface area contributed by atoms with Crippen LogP contribution < -0.4 is 10.6 Å². The highest BCUT2D eigenvalue weighted by atomic mass is 16.2. The second-order valence-corrected chi connectivity index (χ2v) is 3.80. The van der Waals surface area contributed by atoms with E-state index in [1.54, 1.807) is 7.05 Å². The first-order chi connectivity index (χ1) is 6.21. The minimum atomic E-state index is -0.288. The molecule has 0 saturated heterocycles. The predicted octanol–water partition coefficient (Wildman–Crippen LogP) is 0.901. The topological polar surface area (TPSA) is 41.1 Å². The van der Waals surface area contributed by atoms with Gasteiger partial charge in [0, 0.05) is 7.05 Å². The Balaban J connectivity index is 2.83. The Bertz CT molecular complexity index is 193. The van der Waals surface area contributed by atoms with Gasteiger partial charge in [-0.2, -0.15) is 0 Å². The van der Waals surface area contributed by atoms with E-state index in [9.17, 15) is 4.79 Å². The first kappa shape index (κ1) is 10.5. The van der Waals surface area contributed by atoms with Gasteiger partial charge in [0.25, 0.3) is 0 Å². The molecule has 3 heteroatoms. The van der Waals surface area contributed by atoms with Crippen molar-refractivity contribution >= 4 is 5.91 Å². The molecule has 0 radical (unpaired) electrons. The van der Waals surface area contributed by atoms with E-state index < -0.39 is 0 Å². The molecule has 3 nitrogen and oxygen atoms in total. The molecule has 1 fully saturated rings. The van der Waals surface area contributed by atoms with Gasteiger partial charge in [-0.3, -0.25) is 4.79 Å². The molecule has 76 valence electrons. The largest absolute Gasteiger partial charge is 0.358 e. The number of rotatable bonds is 3. The van der Waals surface area contributed by atoms with E-state index in [1.807, 2.05) is 7.05 Å². The van der Waals surface area contributed by atoms with Crippen molar-refractivity contribution in [3.63, 3.8) is 0 Å². The van der Waals surface area contributed by atoms with E-state index in [0.29, 0.717) is 5.92 Å². The van der Waals surface area contributed by atoms with E-state index in [0.717, 1.165) is 19.3 Å². The van der Waals surface area contributed by atoms with Crippen molar-refractivity contribution in [2.45, 2.75) is 38.1 Å². The van der Waals surface area contributed by atoms with Crippen molar-refractivity contribution in [1.29, 1.82) is 0 Å². The molecule has 13 heavy (non-hydrogen) atoms. The first-order valence-corrected chi connectivity index (χ1v) is 5.12. The second kappa shape index (κ2) is 4.09. The summed E-state index contributed by atoms with van der Waals surface area (Å²) in [6.07, 6.45) is 4.38. The first-order valence-electron chi connectivity index (χ1n) is 5.12. The number of hydrogen-bond donors (Lipinski definition) is 2. The molecule has 1 saturated carbocycles. The van der Waals surface area contributed by atoms with Gasteiger partial charge in [-0.25, -0.2) is 0 Å². The minimum Gasteiger partial charge on any atom is -0.358 e. The fraction of sp³-hybridized carbons (Fsp3) is 0.900. The molecule has 0 bridgehead atoms. The third kappa shape index (κ3) is 1.57. The molecule has 2 atom stereocenters. The Hall–Kier alpha value is -0.570. The van der Waals surface area contributed by atoms with Crippen molar-refractivity contribution in [2.24, 2.45) is 5.92 Å². The van der Waals surface area contributed by atoms with Gasteiger partial charge in [-0.1, -0.05) is 19.8 Å². The van der Waals surface area contributed by atoms with Gasteiger partial charge in [-0.15, -0.1) is 0 Å². The Labute approximate surface area is 80.3 Å². The van der Waals surface area contributed by atoms with Gasteiger partial charge < -0.3 is 10.6 Å². The molecule has 0 heterocycles. The minimum absolute atomic E-state index is 0.152. The Kier molecular flexibility index (Phi) is 3.31. The molecule has 0 aliphatic heterocycles. The van der Waals surface area contributed by atoms with Crippen molar-refractivity contribution in [1.82, 2.24) is 10.6 Å². The number of amides is 1. The van der Waals surface area contributed by atoms with Gasteiger partial charge in [0.2, 0.25) is 5.91 Å². The molecule has 1 amide bonds. The molecule has 1 aliphatic rings. The van der Waals surface area contributed by atoms with Crippen molar-refractivity contribution < 1.29 is 4.79 Å². The van der Waals surface area contributed by atoms with E-state index in [2.05, 4.69) is 17.6 Å². The predicted molar refractivity (Wildman–Crippen MR) is 53.5 cm³/mol. The summed E-state index contributed by atoms with van der Waals surface area (Å²) in [5.74, 6) is 0.650. The van der Waals surface area contributed by atoms with Crippen LogP contribution in [-0.4, -0.2) is 25.5 Å². The van der Waals surface area contributed by atoms with Crippen LogP contribution in [0.25, 0.3) is 0 Å². The van der Waals surface area contributed by atoms with Crippen molar-refractivity contribution in [3.05, 3.63) is 0 Å². The highest BCUT2D eigenvalue weighted by Gasteiger charge is 2.46. The third-order valence-electron chi connectivity index (χ3n) is 3.39. The highest BCUT2D eigenvalue weighted by Crippen LogP contribution is 2.37. The van der Waals surface area contributed by atoms with E-state index in [-0.39, 0.29) is 11.4 Å². The molecule has 0 spiro atoms. The van der Waals surface area contributed by atoms with Crippen LogP contribution in [0.2, 0.25) is 0 Å². The van der Waals surface area contributed by atoms with Crippen LogP contribution in [-0.2, 0) is 4.79 Å². The SMILES string of the molecule is CC[C@@H]1CCCC1(NC)C(=O)NC. The van der Waals surface area contributed by atoms with Gasteiger partial charge in [-0.05, 0) is 25.8 Å². The third-order valence-corrected chi connectivity index (χ3v) is 3.39. The maximum absolute atomic E-state index is 11.8. The molecular weight excluding hydrogens is 164 g/mol. The average Bonchev–Trinajstić information content (AvgIpc) is 2.60. The standard InChI is InChI=1S/C10H20N2O/c1-4-8-6-5-7-10(8,12-3)9(13)11-2/h8,12H,4-7H2,1-3H3,(H,11,13)/t8-,10?/m1/s1. The number of carbonyl (C=O) groups excluding carboxylic acids is 1. The van der Waals surface area contributed by atoms with E-state index >= 15 is 0 Å². The van der Waals surface area contributed by atoms with Gasteiger partial charge in [0.05, 0.1) is 0 Å². The lowest BCUT2D eigenvalue weighted by atomic mass is 9.84. The summed E-state index contributed by atoms with van der Waals surface area (Å²) in [5.41, 5.74) is -0.288. The van der Waals surface area contributed by atoms with E-state index in [1.165, 1.54) is 6.42 Å². The Morgan fingerprint density at radius 2 is 2.23 bits per heavy atom. The Morgan fingerprint density at radius 1 is 1.54 bits per heavy atom. The molecule has 1 aliphatic carbocycles. The number of nitrogens with one attached hydrogen (secondary N) is 2. The highest BCUT2D eigenvalue weighted by molar-refractivity contribution is 5.86. The normalized spacial score (nSPS) is 33.3. The maximum atomic E-state index is 11.8. The average molecular weight is 184 g/mol. The summed E-state index contributed by atoms with van der Waals surface area (Å²) >= 11 is 0. The van der Waals surface area contributed by atoms with Crippen LogP contribution in [0, 0.1) is 5.92 Å². The molecule has 1 rings (SSSR count). The smallest absolute Gasteiger partial charge is 0.240 e. The second-order valence-electron chi connectivity index (χ2n) is 3.80. The summed E-state index contributed by atoms with van der Waals surface area (Å²) < 4.78 is 0. The molecule has 0 aromatic rings. The molecule has 2 N–H and O–H groups in total. The summed E-state index contributed by atoms with van der Waals surface area (Å²) in [7, 11) is 3.61. The fourth-order valence-corrected chi connectivity index (χ4v) is 2.60. The van der Waals surface area contributed by atoms with Gasteiger partial charge >= 0.3 is 0 Å². The van der Waals surface area contributed by atoms with Crippen LogP contribution in [0.4, 0.5) is 0 Å². The van der Waals surface area contributed by atoms with Crippen LogP contribution in [0.15, 0.2) is 0 Å². The lowest BCUT2D eigenvalue weighted by Gasteiger charge is -2.32. The molecular formula is C10H20N2O. The zero-order chi connectivity index (χ0) is 9.90. The monoisotopic (exact) mass is 184 g/mol. The number of hydrogen-bond acceptors (Lipinski definition) is 2. The zero-order valence-corrected chi connectivity index (χ0v) is 8.81. The summed E-state index contributed by atoms with van der Waals surface area (Å²) in [5, 5.41) is 5.98. The van der Waals surface area contributed by atoms with Gasteiger partial charge in [0.1, 0.15) is 5.54 Å². The van der Waals surface area contributed by atoms with Gasteiger partial charge in [0.15, 0.2) is 0 Å². The van der Waals surface area contributed by atoms with Crippen LogP contribution >= 0.6 is 0 Å². The zero-order valence-electron chi connectivity index (χ0n) is 8.81. The van der Waals surface area contributed by atoms with Crippen molar-refractivity contribution in [2.75, 3.05) is 14.1 Å². The Morgan fingerprint density at radius 3 is 2.69 bits per heavy atom. The summed E-state index contributed by atoms with van der Waals surface area (Å²) in [6, 6.07) is 0. The lowest BCUT2D eigenvalue weighted by molar-refractivity contribution is -0.128. The molecule has 0 aromatic carbocycles. The lowest BCUT2D eigenvalue weighted by Crippen LogP contribution is -2.57. The van der Waals surface area contributed by atoms with E-state index in [4.69, 9.17) is 0 Å². The van der Waals surface area contributed by atoms with Crippen LogP contribution in [0.3, 0.4) is 0 Å². The fourth-order valence-electron chi connectivity index (χ4n) is 2.60. The molecule has 0 aromatic heterocycles.